The van der Waals surface area contributed by atoms with Crippen molar-refractivity contribution < 1.29 is 4.79 Å². The van der Waals surface area contributed by atoms with Crippen molar-refractivity contribution in [3.63, 3.8) is 0 Å². The maximum Gasteiger partial charge on any atom is 0.230 e. The van der Waals surface area contributed by atoms with Gasteiger partial charge in [0.25, 0.3) is 0 Å². The van der Waals surface area contributed by atoms with Crippen LogP contribution in [-0.4, -0.2) is 18.0 Å². The van der Waals surface area contributed by atoms with Gasteiger partial charge in [0.05, 0.1) is 5.41 Å². The predicted molar refractivity (Wildman–Crippen MR) is 94.9 cm³/mol. The summed E-state index contributed by atoms with van der Waals surface area (Å²) in [5.74, 6) is 0.0107. The van der Waals surface area contributed by atoms with Crippen LogP contribution in [-0.2, 0) is 10.2 Å². The molecule has 0 radical (unpaired) electrons. The second-order valence-electron chi connectivity index (χ2n) is 5.88. The fourth-order valence-corrected chi connectivity index (χ4v) is 2.24. The molecule has 0 aliphatic rings. The Morgan fingerprint density at radius 1 is 1.19 bits per heavy atom. The van der Waals surface area contributed by atoms with Crippen molar-refractivity contribution in [3.8, 4) is 0 Å². The van der Waals surface area contributed by atoms with Gasteiger partial charge in [0.1, 0.15) is 0 Å². The van der Waals surface area contributed by atoms with Gasteiger partial charge in [-0.05, 0) is 44.4 Å². The van der Waals surface area contributed by atoms with Crippen LogP contribution < -0.4 is 11.1 Å². The van der Waals surface area contributed by atoms with Crippen LogP contribution in [0.2, 0.25) is 0 Å². The van der Waals surface area contributed by atoms with Crippen LogP contribution in [0.1, 0.15) is 46.1 Å². The summed E-state index contributed by atoms with van der Waals surface area (Å²) in [6, 6.07) is 7.85. The highest BCUT2D eigenvalue weighted by Gasteiger charge is 2.31. The fourth-order valence-electron chi connectivity index (χ4n) is 1.97. The number of carbonyl (C=O) groups is 1. The summed E-state index contributed by atoms with van der Waals surface area (Å²) in [4.78, 5) is 12.5. The zero-order valence-electron chi connectivity index (χ0n) is 13.2. The Kier molecular flexibility index (Phi) is 7.93. The molecule has 0 bridgehead atoms. The van der Waals surface area contributed by atoms with Crippen LogP contribution in [0.4, 0.5) is 0 Å². The highest BCUT2D eigenvalue weighted by atomic mass is 79.9. The molecule has 120 valence electrons. The first kappa shape index (κ1) is 20.4. The molecule has 0 aliphatic carbocycles. The lowest BCUT2D eigenvalue weighted by Crippen LogP contribution is -2.52. The Morgan fingerprint density at radius 2 is 1.67 bits per heavy atom. The second kappa shape index (κ2) is 8.16. The molecule has 1 rings (SSSR count). The lowest BCUT2D eigenvalue weighted by Gasteiger charge is -2.30. The van der Waals surface area contributed by atoms with Crippen LogP contribution in [0.5, 0.6) is 0 Å². The van der Waals surface area contributed by atoms with Gasteiger partial charge in [-0.25, -0.2) is 0 Å². The summed E-state index contributed by atoms with van der Waals surface area (Å²) in [6.45, 7) is 8.48. The van der Waals surface area contributed by atoms with Crippen molar-refractivity contribution in [1.82, 2.24) is 5.32 Å². The predicted octanol–water partition coefficient (Wildman–Crippen LogP) is 3.78. The quantitative estimate of drug-likeness (QED) is 0.792. The topological polar surface area (TPSA) is 55.1 Å². The molecule has 3 nitrogen and oxygen atoms in total. The molecule has 0 atom stereocenters. The van der Waals surface area contributed by atoms with Crippen molar-refractivity contribution in [2.24, 2.45) is 5.73 Å². The first-order chi connectivity index (χ1) is 9.25. The highest BCUT2D eigenvalue weighted by Crippen LogP contribution is 2.25. The number of rotatable bonds is 6. The summed E-state index contributed by atoms with van der Waals surface area (Å²) >= 11 is 3.41. The molecular formula is C16H26BrClN2O. The Morgan fingerprint density at radius 3 is 2.10 bits per heavy atom. The van der Waals surface area contributed by atoms with Gasteiger partial charge < -0.3 is 11.1 Å². The van der Waals surface area contributed by atoms with E-state index in [1.165, 1.54) is 0 Å². The molecule has 0 saturated heterocycles. The molecule has 0 unspecified atom stereocenters. The zero-order chi connectivity index (χ0) is 15.4. The molecule has 0 heterocycles. The summed E-state index contributed by atoms with van der Waals surface area (Å²) in [5, 5.41) is 3.00. The number of amides is 1. The third-order valence-electron chi connectivity index (χ3n) is 4.14. The van der Waals surface area contributed by atoms with Crippen LogP contribution in [0.25, 0.3) is 0 Å². The summed E-state index contributed by atoms with van der Waals surface area (Å²) in [7, 11) is 0. The van der Waals surface area contributed by atoms with Gasteiger partial charge in [-0.3, -0.25) is 4.79 Å². The first-order valence-electron chi connectivity index (χ1n) is 7.08. The number of carbonyl (C=O) groups excluding carboxylic acids is 1. The number of benzene rings is 1. The molecule has 1 aromatic rings. The van der Waals surface area contributed by atoms with Crippen molar-refractivity contribution in [2.75, 3.05) is 6.54 Å². The third kappa shape index (κ3) is 5.28. The first-order valence-corrected chi connectivity index (χ1v) is 7.87. The van der Waals surface area contributed by atoms with E-state index in [1.807, 2.05) is 38.1 Å². The van der Waals surface area contributed by atoms with E-state index in [0.29, 0.717) is 6.54 Å². The minimum atomic E-state index is -0.566. The van der Waals surface area contributed by atoms with Crippen molar-refractivity contribution in [2.45, 2.75) is 51.5 Å². The molecule has 0 aromatic heterocycles. The van der Waals surface area contributed by atoms with Crippen molar-refractivity contribution in [3.05, 3.63) is 34.3 Å². The minimum Gasteiger partial charge on any atom is -0.354 e. The monoisotopic (exact) mass is 376 g/mol. The van der Waals surface area contributed by atoms with E-state index in [2.05, 4.69) is 35.1 Å². The average molecular weight is 378 g/mol. The van der Waals surface area contributed by atoms with Gasteiger partial charge in [0, 0.05) is 16.6 Å². The SMILES string of the molecule is CCC(N)(CC)CNC(=O)C(C)(C)c1ccc(Br)cc1.Cl. The van der Waals surface area contributed by atoms with E-state index in [1.54, 1.807) is 0 Å². The average Bonchev–Trinajstić information content (AvgIpc) is 2.44. The van der Waals surface area contributed by atoms with Crippen LogP contribution in [0.3, 0.4) is 0 Å². The lowest BCUT2D eigenvalue weighted by molar-refractivity contribution is -0.125. The van der Waals surface area contributed by atoms with E-state index in [-0.39, 0.29) is 23.9 Å². The van der Waals surface area contributed by atoms with E-state index < -0.39 is 5.41 Å². The van der Waals surface area contributed by atoms with Gasteiger partial charge in [-0.1, -0.05) is 41.9 Å². The van der Waals surface area contributed by atoms with Crippen LogP contribution in [0, 0.1) is 0 Å². The van der Waals surface area contributed by atoms with Gasteiger partial charge >= 0.3 is 0 Å². The summed E-state index contributed by atoms with van der Waals surface area (Å²) in [5.41, 5.74) is 6.34. The Labute approximate surface area is 142 Å². The van der Waals surface area contributed by atoms with E-state index in [0.717, 1.165) is 22.9 Å². The third-order valence-corrected chi connectivity index (χ3v) is 4.67. The molecule has 21 heavy (non-hydrogen) atoms. The maximum absolute atomic E-state index is 12.5. The number of nitrogens with one attached hydrogen (secondary N) is 1. The molecule has 0 saturated carbocycles. The van der Waals surface area contributed by atoms with Gasteiger partial charge in [-0.2, -0.15) is 0 Å². The Hall–Kier alpha value is -0.580. The second-order valence-corrected chi connectivity index (χ2v) is 6.80. The zero-order valence-corrected chi connectivity index (χ0v) is 15.6. The van der Waals surface area contributed by atoms with Gasteiger partial charge in [0.2, 0.25) is 5.91 Å². The summed E-state index contributed by atoms with van der Waals surface area (Å²) in [6.07, 6.45) is 1.70. The standard InChI is InChI=1S/C16H25BrN2O.ClH/c1-5-16(18,6-2)11-19-14(20)15(3,4)12-7-9-13(17)10-8-12;/h7-10H,5-6,11,18H2,1-4H3,(H,19,20);1H. The molecular weight excluding hydrogens is 352 g/mol. The fraction of sp³-hybridized carbons (Fsp3) is 0.562. The molecule has 0 fully saturated rings. The largest absolute Gasteiger partial charge is 0.354 e. The number of halogens is 2. The molecule has 1 aromatic carbocycles. The van der Waals surface area contributed by atoms with E-state index in [4.69, 9.17) is 5.73 Å². The van der Waals surface area contributed by atoms with E-state index >= 15 is 0 Å². The van der Waals surface area contributed by atoms with Crippen molar-refractivity contribution in [1.29, 1.82) is 0 Å². The Balaban J connectivity index is 0.00000400. The molecule has 1 amide bonds. The van der Waals surface area contributed by atoms with Crippen LogP contribution >= 0.6 is 28.3 Å². The molecule has 5 heteroatoms. The van der Waals surface area contributed by atoms with Crippen LogP contribution in [0.15, 0.2) is 28.7 Å². The van der Waals surface area contributed by atoms with Gasteiger partial charge in [-0.15, -0.1) is 12.4 Å². The summed E-state index contributed by atoms with van der Waals surface area (Å²) < 4.78 is 1.01. The lowest BCUT2D eigenvalue weighted by atomic mass is 9.83. The highest BCUT2D eigenvalue weighted by molar-refractivity contribution is 9.10. The molecule has 3 N–H and O–H groups in total. The number of hydrogen-bond acceptors (Lipinski definition) is 2. The maximum atomic E-state index is 12.5. The molecule has 0 spiro atoms. The molecule has 0 aliphatic heterocycles. The number of nitrogens with two attached hydrogens (primary N) is 1. The minimum absolute atomic E-state index is 0. The Bertz CT molecular complexity index is 456. The van der Waals surface area contributed by atoms with E-state index in [9.17, 15) is 4.79 Å². The van der Waals surface area contributed by atoms with Crippen molar-refractivity contribution >= 4 is 34.2 Å². The number of hydrogen-bond donors (Lipinski definition) is 2. The smallest absolute Gasteiger partial charge is 0.230 e. The van der Waals surface area contributed by atoms with Gasteiger partial charge in [0.15, 0.2) is 0 Å². The normalized spacial score (nSPS) is 11.7.